The third-order valence-corrected chi connectivity index (χ3v) is 11.9. The number of ether oxygens (including phenoxy) is 2. The summed E-state index contributed by atoms with van der Waals surface area (Å²) >= 11 is 0. The van der Waals surface area contributed by atoms with Crippen molar-refractivity contribution in [3.8, 4) is 0 Å². The lowest BCUT2D eigenvalue weighted by atomic mass is 10.0. The van der Waals surface area contributed by atoms with Crippen LogP contribution in [0, 0.1) is 13.8 Å². The number of aromatic amines is 2. The second kappa shape index (κ2) is 16.4. The Bertz CT molecular complexity index is 1900. The summed E-state index contributed by atoms with van der Waals surface area (Å²) < 4.78 is 14.1. The van der Waals surface area contributed by atoms with E-state index in [1.54, 1.807) is 0 Å². The van der Waals surface area contributed by atoms with Crippen LogP contribution in [0.1, 0.15) is 75.6 Å². The van der Waals surface area contributed by atoms with Gasteiger partial charge in [0.2, 0.25) is 0 Å². The largest absolute Gasteiger partial charge is 0.450 e. The predicted octanol–water partition coefficient (Wildman–Crippen LogP) is 5.01. The maximum Gasteiger partial charge on any atom is 0.409 e. The molecule has 292 valence electrons. The fourth-order valence-corrected chi connectivity index (χ4v) is 9.05. The number of nitrogens with one attached hydrogen (secondary N) is 2. The molecule has 4 aliphatic rings. The highest BCUT2D eigenvalue weighted by molar-refractivity contribution is 5.77. The molecule has 2 aromatic carbocycles. The van der Waals surface area contributed by atoms with Crippen molar-refractivity contribution < 1.29 is 19.1 Å². The van der Waals surface area contributed by atoms with Crippen LogP contribution >= 0.6 is 0 Å². The number of aromatic nitrogens is 4. The molecule has 4 aliphatic heterocycles. The number of carbonyl (C=O) groups excluding carboxylic acids is 2. The van der Waals surface area contributed by atoms with E-state index in [-0.39, 0.29) is 35.6 Å². The first-order valence-electron chi connectivity index (χ1n) is 19.9. The van der Waals surface area contributed by atoms with Crippen molar-refractivity contribution in [2.45, 2.75) is 90.4 Å². The summed E-state index contributed by atoms with van der Waals surface area (Å²) in [7, 11) is 0. The summed E-state index contributed by atoms with van der Waals surface area (Å²) in [6.07, 6.45) is 5.41. The number of rotatable bonds is 6. The van der Waals surface area contributed by atoms with Gasteiger partial charge in [-0.25, -0.2) is 19.2 Å². The van der Waals surface area contributed by atoms with Crippen molar-refractivity contribution in [2.24, 2.45) is 0 Å². The van der Waals surface area contributed by atoms with Gasteiger partial charge in [0.05, 0.1) is 35.3 Å². The molecule has 2 atom stereocenters. The molecule has 6 heterocycles. The number of benzene rings is 2. The van der Waals surface area contributed by atoms with Crippen molar-refractivity contribution in [3.63, 3.8) is 0 Å². The van der Waals surface area contributed by atoms with Gasteiger partial charge in [0.15, 0.2) is 0 Å². The summed E-state index contributed by atoms with van der Waals surface area (Å²) in [4.78, 5) is 63.4. The summed E-state index contributed by atoms with van der Waals surface area (Å²) in [5.74, 6) is 0. The lowest BCUT2D eigenvalue weighted by Gasteiger charge is -2.36. The second-order valence-corrected chi connectivity index (χ2v) is 15.4. The Morgan fingerprint density at radius 2 is 0.963 bits per heavy atom. The van der Waals surface area contributed by atoms with E-state index in [4.69, 9.17) is 9.47 Å². The molecule has 0 spiro atoms. The van der Waals surface area contributed by atoms with Crippen LogP contribution in [-0.4, -0.2) is 129 Å². The smallest absolute Gasteiger partial charge is 0.409 e. The van der Waals surface area contributed by atoms with Crippen LogP contribution in [0.2, 0.25) is 0 Å². The number of hydrogen-bond donors (Lipinski definition) is 2. The van der Waals surface area contributed by atoms with Crippen LogP contribution in [0.5, 0.6) is 0 Å². The van der Waals surface area contributed by atoms with Gasteiger partial charge < -0.3 is 29.2 Å². The average Bonchev–Trinajstić information content (AvgIpc) is 3.97. The van der Waals surface area contributed by atoms with Crippen molar-refractivity contribution in [1.29, 1.82) is 0 Å². The van der Waals surface area contributed by atoms with Gasteiger partial charge in [0.1, 0.15) is 0 Å². The summed E-state index contributed by atoms with van der Waals surface area (Å²) in [5, 5.41) is 0. The molecule has 0 aliphatic carbocycles. The number of H-pyrrole nitrogens is 2. The van der Waals surface area contributed by atoms with Gasteiger partial charge in [-0.1, -0.05) is 12.1 Å². The Kier molecular flexibility index (Phi) is 11.5. The van der Waals surface area contributed by atoms with Crippen LogP contribution in [0.15, 0.2) is 46.0 Å². The van der Waals surface area contributed by atoms with Crippen LogP contribution in [0.4, 0.5) is 9.59 Å². The first-order valence-corrected chi connectivity index (χ1v) is 19.9. The SMILES string of the molecule is CCOC(=O)N1CCC(N2CCC(n3c(=O)[nH]c4ccc(C)cc43)CC2)C1.CCOC(=O)N1CC[C@H](N2CCC(n3c(=O)[nH]c4ccc(C)cc43)CC2)C1. The standard InChI is InChI=1S/2C20H28N4O3/c2*1-3-27-20(26)23-11-8-16(13-23)22-9-6-15(7-10-22)24-18-12-14(2)4-5-17(18)21-19(24)25/h2*4-5,12,15-16H,3,6-11,13H2,1-2H3,(H,21,25)/t16-;/m0./s1. The van der Waals surface area contributed by atoms with E-state index in [9.17, 15) is 19.2 Å². The molecule has 4 saturated heterocycles. The molecule has 0 radical (unpaired) electrons. The van der Waals surface area contributed by atoms with Crippen LogP contribution in [0.25, 0.3) is 22.1 Å². The zero-order valence-electron chi connectivity index (χ0n) is 32.2. The third kappa shape index (κ3) is 7.95. The molecule has 4 aromatic rings. The Labute approximate surface area is 316 Å². The Hall–Kier alpha value is -4.56. The van der Waals surface area contributed by atoms with Gasteiger partial charge in [-0.2, -0.15) is 0 Å². The van der Waals surface area contributed by atoms with Gasteiger partial charge in [-0.3, -0.25) is 18.9 Å². The molecule has 2 N–H and O–H groups in total. The number of amides is 2. The van der Waals surface area contributed by atoms with Crippen molar-refractivity contribution in [1.82, 2.24) is 38.7 Å². The topological polar surface area (TPSA) is 141 Å². The molecule has 14 heteroatoms. The molecule has 0 bridgehead atoms. The Morgan fingerprint density at radius 3 is 1.33 bits per heavy atom. The lowest BCUT2D eigenvalue weighted by Crippen LogP contribution is -2.44. The predicted molar refractivity (Wildman–Crippen MR) is 208 cm³/mol. The quantitative estimate of drug-likeness (QED) is 0.281. The lowest BCUT2D eigenvalue weighted by molar-refractivity contribution is 0.104. The van der Waals surface area contributed by atoms with Crippen molar-refractivity contribution in [3.05, 3.63) is 68.5 Å². The molecule has 8 rings (SSSR count). The first kappa shape index (κ1) is 37.7. The normalized spacial score (nSPS) is 21.9. The fraction of sp³-hybridized carbons (Fsp3) is 0.600. The minimum Gasteiger partial charge on any atom is -0.450 e. The van der Waals surface area contributed by atoms with Crippen molar-refractivity contribution >= 4 is 34.3 Å². The number of likely N-dealkylation sites (tertiary alicyclic amines) is 4. The maximum absolute atomic E-state index is 12.5. The van der Waals surface area contributed by atoms with E-state index >= 15 is 0 Å². The number of hydrogen-bond acceptors (Lipinski definition) is 8. The molecule has 2 amide bonds. The maximum atomic E-state index is 12.5. The molecule has 54 heavy (non-hydrogen) atoms. The number of piperidine rings is 2. The molecule has 0 saturated carbocycles. The highest BCUT2D eigenvalue weighted by atomic mass is 16.6. The van der Waals surface area contributed by atoms with Gasteiger partial charge in [-0.15, -0.1) is 0 Å². The number of imidazole rings is 2. The molecule has 2 aromatic heterocycles. The van der Waals surface area contributed by atoms with Gasteiger partial charge in [0.25, 0.3) is 0 Å². The summed E-state index contributed by atoms with van der Waals surface area (Å²) in [5.41, 5.74) is 6.14. The zero-order chi connectivity index (χ0) is 37.9. The van der Waals surface area contributed by atoms with Gasteiger partial charge >= 0.3 is 23.6 Å². The molecule has 14 nitrogen and oxygen atoms in total. The van der Waals surface area contributed by atoms with E-state index in [0.717, 1.165) is 124 Å². The van der Waals surface area contributed by atoms with E-state index in [2.05, 4.69) is 45.7 Å². The van der Waals surface area contributed by atoms with E-state index in [1.807, 2.05) is 57.0 Å². The Morgan fingerprint density at radius 1 is 0.593 bits per heavy atom. The van der Waals surface area contributed by atoms with Crippen LogP contribution in [-0.2, 0) is 9.47 Å². The van der Waals surface area contributed by atoms with E-state index in [0.29, 0.717) is 25.3 Å². The number of nitrogens with zero attached hydrogens (tertiary/aromatic N) is 6. The second-order valence-electron chi connectivity index (χ2n) is 15.4. The minimum atomic E-state index is -0.199. The highest BCUT2D eigenvalue weighted by Crippen LogP contribution is 2.30. The number of carbonyl (C=O) groups is 2. The zero-order valence-corrected chi connectivity index (χ0v) is 32.2. The fourth-order valence-electron chi connectivity index (χ4n) is 9.05. The molecular weight excluding hydrogens is 688 g/mol. The number of fused-ring (bicyclic) bond motifs is 2. The van der Waals surface area contributed by atoms with Crippen molar-refractivity contribution in [2.75, 3.05) is 65.6 Å². The monoisotopic (exact) mass is 744 g/mol. The van der Waals surface area contributed by atoms with Crippen LogP contribution < -0.4 is 11.4 Å². The average molecular weight is 745 g/mol. The summed E-state index contributed by atoms with van der Waals surface area (Å²) in [6, 6.07) is 13.5. The number of aryl methyl sites for hydroxylation is 2. The van der Waals surface area contributed by atoms with E-state index in [1.165, 1.54) is 0 Å². The highest BCUT2D eigenvalue weighted by Gasteiger charge is 2.35. The summed E-state index contributed by atoms with van der Waals surface area (Å²) in [6.45, 7) is 15.5. The van der Waals surface area contributed by atoms with Crippen LogP contribution in [0.3, 0.4) is 0 Å². The third-order valence-electron chi connectivity index (χ3n) is 11.9. The molecule has 4 fully saturated rings. The Balaban J connectivity index is 0.000000167. The molecular formula is C40H56N8O6. The van der Waals surface area contributed by atoms with Gasteiger partial charge in [0, 0.05) is 76.5 Å². The van der Waals surface area contributed by atoms with Gasteiger partial charge in [-0.05, 0) is 102 Å². The first-order chi connectivity index (χ1) is 26.1. The van der Waals surface area contributed by atoms with E-state index < -0.39 is 0 Å². The minimum absolute atomic E-state index is 0.0107. The molecule has 1 unspecified atom stereocenters.